The summed E-state index contributed by atoms with van der Waals surface area (Å²) in [6.45, 7) is 3.14. The predicted molar refractivity (Wildman–Crippen MR) is 135 cm³/mol. The van der Waals surface area contributed by atoms with E-state index < -0.39 is 11.4 Å². The van der Waals surface area contributed by atoms with Gasteiger partial charge >= 0.3 is 0 Å². The first kappa shape index (κ1) is 22.8. The highest BCUT2D eigenvalue weighted by atomic mass is 16.6. The highest BCUT2D eigenvalue weighted by molar-refractivity contribution is 5.65. The molecule has 0 aromatic heterocycles. The Morgan fingerprint density at radius 1 is 1.14 bits per heavy atom. The minimum absolute atomic E-state index is 0.194. The number of piperidine rings is 1. The number of likely N-dealkylation sites (tertiary alicyclic amines) is 1. The molecule has 4 bridgehead atoms. The van der Waals surface area contributed by atoms with E-state index >= 15 is 0 Å². The van der Waals surface area contributed by atoms with Crippen LogP contribution in [0.5, 0.6) is 11.5 Å². The van der Waals surface area contributed by atoms with Crippen molar-refractivity contribution in [3.63, 3.8) is 0 Å². The Bertz CT molecular complexity index is 1240. The quantitative estimate of drug-likeness (QED) is 0.492. The Hall–Kier alpha value is -2.38. The fourth-order valence-electron chi connectivity index (χ4n) is 8.72. The molecule has 1 saturated heterocycles. The van der Waals surface area contributed by atoms with Gasteiger partial charge in [0.05, 0.1) is 19.1 Å². The highest BCUT2D eigenvalue weighted by Gasteiger charge is 2.80. The lowest BCUT2D eigenvalue weighted by molar-refractivity contribution is -0.312. The van der Waals surface area contributed by atoms with Gasteiger partial charge in [0.1, 0.15) is 11.7 Å². The number of ether oxygens (including phenoxy) is 4. The molecule has 4 aliphatic carbocycles. The molecule has 2 heterocycles. The average molecular weight is 490 g/mol. The van der Waals surface area contributed by atoms with Crippen molar-refractivity contribution in [3.8, 4) is 11.5 Å². The molecule has 2 spiro atoms. The third-order valence-corrected chi connectivity index (χ3v) is 10.3. The van der Waals surface area contributed by atoms with Crippen LogP contribution >= 0.6 is 0 Å². The SMILES string of the molecule is COc1ccc2c3c1O[C@H]1C4(OC)C=C[C@]5(C[C@@H]4[C@@](C)(O)OCc4ccccc4)[C@@H](C2)N(C)CC[C@]315. The molecule has 2 fully saturated rings. The normalized spacial score (nSPS) is 38.9. The molecule has 1 saturated carbocycles. The number of benzene rings is 2. The van der Waals surface area contributed by atoms with Gasteiger partial charge < -0.3 is 29.0 Å². The van der Waals surface area contributed by atoms with Gasteiger partial charge in [0.25, 0.3) is 0 Å². The number of fused-ring (bicyclic) bond motifs is 1. The van der Waals surface area contributed by atoms with E-state index in [4.69, 9.17) is 18.9 Å². The van der Waals surface area contributed by atoms with E-state index in [1.54, 1.807) is 21.1 Å². The molecule has 6 nitrogen and oxygen atoms in total. The third kappa shape index (κ3) is 2.51. The summed E-state index contributed by atoms with van der Waals surface area (Å²) < 4.78 is 25.5. The first-order chi connectivity index (χ1) is 17.3. The molecule has 2 aromatic rings. The number of methoxy groups -OCH3 is 2. The van der Waals surface area contributed by atoms with E-state index in [0.29, 0.717) is 12.6 Å². The van der Waals surface area contributed by atoms with Gasteiger partial charge in [-0.15, -0.1) is 0 Å². The Labute approximate surface area is 212 Å². The summed E-state index contributed by atoms with van der Waals surface area (Å²) in [7, 11) is 5.70. The van der Waals surface area contributed by atoms with E-state index in [2.05, 4.69) is 30.2 Å². The lowest BCUT2D eigenvalue weighted by Gasteiger charge is -2.72. The maximum atomic E-state index is 12.0. The van der Waals surface area contributed by atoms with Crippen molar-refractivity contribution < 1.29 is 24.1 Å². The van der Waals surface area contributed by atoms with Crippen LogP contribution in [0.3, 0.4) is 0 Å². The Kier molecular flexibility index (Phi) is 4.65. The van der Waals surface area contributed by atoms with Crippen molar-refractivity contribution in [2.24, 2.45) is 11.3 Å². The van der Waals surface area contributed by atoms with E-state index in [1.165, 1.54) is 11.1 Å². The Morgan fingerprint density at radius 3 is 2.69 bits per heavy atom. The van der Waals surface area contributed by atoms with Crippen molar-refractivity contribution >= 4 is 0 Å². The maximum absolute atomic E-state index is 12.0. The minimum atomic E-state index is -1.42. The van der Waals surface area contributed by atoms with Crippen molar-refractivity contribution in [3.05, 3.63) is 71.3 Å². The molecule has 8 rings (SSSR count). The van der Waals surface area contributed by atoms with Gasteiger partial charge in [0, 0.05) is 30.0 Å². The van der Waals surface area contributed by atoms with Crippen LogP contribution in [0.15, 0.2) is 54.6 Å². The molecule has 6 aliphatic rings. The lowest BCUT2D eigenvalue weighted by atomic mass is 9.36. The van der Waals surface area contributed by atoms with Crippen LogP contribution in [0.2, 0.25) is 0 Å². The molecular weight excluding hydrogens is 454 g/mol. The molecule has 1 N–H and O–H groups in total. The maximum Gasteiger partial charge on any atom is 0.169 e. The minimum Gasteiger partial charge on any atom is -0.493 e. The van der Waals surface area contributed by atoms with Crippen molar-refractivity contribution in [1.29, 1.82) is 0 Å². The number of nitrogens with zero attached hydrogens (tertiary/aromatic N) is 1. The summed E-state index contributed by atoms with van der Waals surface area (Å²) >= 11 is 0. The van der Waals surface area contributed by atoms with Crippen LogP contribution in [0, 0.1) is 11.3 Å². The molecule has 36 heavy (non-hydrogen) atoms. The third-order valence-electron chi connectivity index (χ3n) is 10.3. The van der Waals surface area contributed by atoms with Crippen LogP contribution in [-0.4, -0.2) is 61.4 Å². The predicted octanol–water partition coefficient (Wildman–Crippen LogP) is 3.84. The van der Waals surface area contributed by atoms with Crippen LogP contribution < -0.4 is 9.47 Å². The smallest absolute Gasteiger partial charge is 0.169 e. The average Bonchev–Trinajstić information content (AvgIpc) is 3.27. The standard InChI is InChI=1S/C30H35NO5/c1-27(32,35-18-19-8-6-5-7-9-19)22-17-28-12-13-30(22,34-4)26-29(28)14-15-31(2)23(28)16-20-10-11-21(33-3)25(36-26)24(20)29/h5-13,22-23,26,32H,14-18H2,1-4H3/t22-,23-,26-,27+,28+,29+,30?/m1/s1. The Morgan fingerprint density at radius 2 is 1.94 bits per heavy atom. The largest absolute Gasteiger partial charge is 0.493 e. The molecule has 7 atom stereocenters. The fraction of sp³-hybridized carbons (Fsp3) is 0.533. The van der Waals surface area contributed by atoms with Crippen molar-refractivity contribution in [2.75, 3.05) is 27.8 Å². The first-order valence-corrected chi connectivity index (χ1v) is 13.1. The van der Waals surface area contributed by atoms with Crippen LogP contribution in [0.1, 0.15) is 36.5 Å². The topological polar surface area (TPSA) is 60.4 Å². The van der Waals surface area contributed by atoms with Gasteiger partial charge in [0.2, 0.25) is 0 Å². The van der Waals surface area contributed by atoms with Gasteiger partial charge in [0.15, 0.2) is 17.3 Å². The van der Waals surface area contributed by atoms with Crippen molar-refractivity contribution in [1.82, 2.24) is 4.90 Å². The second kappa shape index (κ2) is 7.35. The highest BCUT2D eigenvalue weighted by Crippen LogP contribution is 2.75. The summed E-state index contributed by atoms with van der Waals surface area (Å²) in [5.41, 5.74) is 2.44. The summed E-state index contributed by atoms with van der Waals surface area (Å²) in [5, 5.41) is 12.0. The van der Waals surface area contributed by atoms with Gasteiger partial charge in [-0.3, -0.25) is 0 Å². The zero-order valence-corrected chi connectivity index (χ0v) is 21.5. The second-order valence-electron chi connectivity index (χ2n) is 11.6. The van der Waals surface area contributed by atoms with Gasteiger partial charge in [-0.05, 0) is 57.0 Å². The van der Waals surface area contributed by atoms with Gasteiger partial charge in [-0.2, -0.15) is 0 Å². The number of hydrogen-bond donors (Lipinski definition) is 1. The van der Waals surface area contributed by atoms with E-state index in [-0.39, 0.29) is 22.9 Å². The van der Waals surface area contributed by atoms with Gasteiger partial charge in [-0.1, -0.05) is 48.6 Å². The molecule has 6 heteroatoms. The molecule has 2 aromatic carbocycles. The zero-order chi connectivity index (χ0) is 24.9. The van der Waals surface area contributed by atoms with Crippen LogP contribution in [0.25, 0.3) is 0 Å². The summed E-state index contributed by atoms with van der Waals surface area (Å²) in [6, 6.07) is 14.6. The number of likely N-dealkylation sites (N-methyl/N-ethyl adjacent to an activating group) is 1. The summed E-state index contributed by atoms with van der Waals surface area (Å²) in [4.78, 5) is 2.51. The van der Waals surface area contributed by atoms with Crippen LogP contribution in [0.4, 0.5) is 0 Å². The lowest BCUT2D eigenvalue weighted by Crippen LogP contribution is -2.80. The fourth-order valence-corrected chi connectivity index (χ4v) is 8.72. The van der Waals surface area contributed by atoms with E-state index in [0.717, 1.165) is 42.9 Å². The zero-order valence-electron chi connectivity index (χ0n) is 21.5. The molecular formula is C30H35NO5. The van der Waals surface area contributed by atoms with Gasteiger partial charge in [-0.25, -0.2) is 0 Å². The van der Waals surface area contributed by atoms with Crippen molar-refractivity contribution in [2.45, 2.75) is 61.7 Å². The Balaban J connectivity index is 1.39. The molecule has 190 valence electrons. The molecule has 0 amide bonds. The summed E-state index contributed by atoms with van der Waals surface area (Å²) in [5.74, 6) is -0.0827. The number of hydrogen-bond acceptors (Lipinski definition) is 6. The molecule has 2 aliphatic heterocycles. The molecule has 0 radical (unpaired) electrons. The van der Waals surface area contributed by atoms with Crippen LogP contribution in [-0.2, 0) is 27.9 Å². The number of aliphatic hydroxyl groups is 1. The summed E-state index contributed by atoms with van der Waals surface area (Å²) in [6.07, 6.45) is 7.03. The number of rotatable bonds is 6. The second-order valence-corrected chi connectivity index (χ2v) is 11.6. The monoisotopic (exact) mass is 489 g/mol. The van der Waals surface area contributed by atoms with E-state index in [1.807, 2.05) is 36.4 Å². The van der Waals surface area contributed by atoms with E-state index in [9.17, 15) is 5.11 Å². The molecule has 1 unspecified atom stereocenters. The first-order valence-electron chi connectivity index (χ1n) is 13.1.